The summed E-state index contributed by atoms with van der Waals surface area (Å²) >= 11 is 7.72. The summed E-state index contributed by atoms with van der Waals surface area (Å²) < 4.78 is 0. The van der Waals surface area contributed by atoms with Gasteiger partial charge in [0.2, 0.25) is 0 Å². The second-order valence-corrected chi connectivity index (χ2v) is 10.6. The van der Waals surface area contributed by atoms with Crippen LogP contribution in [-0.2, 0) is 0 Å². The molecule has 0 saturated carbocycles. The van der Waals surface area contributed by atoms with Crippen LogP contribution in [0, 0.1) is 27.7 Å². The standard InChI is InChI=1S/C31H28Br2O/c1-19-21(3)27(17-15-25(19)29(32)23-11-7-5-8-12-23)31(34)28-18-16-26(20(2)22(28)4)30(33)24-13-9-6-10-14-24/h5-18,29-30H,1-4H3. The Balaban J connectivity index is 1.68. The summed E-state index contributed by atoms with van der Waals surface area (Å²) in [6, 6.07) is 28.9. The van der Waals surface area contributed by atoms with Gasteiger partial charge in [0.25, 0.3) is 0 Å². The number of rotatable bonds is 6. The smallest absolute Gasteiger partial charge is 0.193 e. The lowest BCUT2D eigenvalue weighted by molar-refractivity contribution is 0.103. The number of hydrogen-bond donors (Lipinski definition) is 0. The molecule has 0 saturated heterocycles. The molecule has 0 amide bonds. The lowest BCUT2D eigenvalue weighted by Crippen LogP contribution is -2.10. The van der Waals surface area contributed by atoms with Gasteiger partial charge < -0.3 is 0 Å². The predicted molar refractivity (Wildman–Crippen MR) is 150 cm³/mol. The fourth-order valence-electron chi connectivity index (χ4n) is 4.47. The molecule has 0 aliphatic heterocycles. The molecule has 4 aromatic rings. The fourth-order valence-corrected chi connectivity index (χ4v) is 6.07. The number of benzene rings is 4. The van der Waals surface area contributed by atoms with Gasteiger partial charge in [-0.15, -0.1) is 0 Å². The molecule has 4 rings (SSSR count). The Labute approximate surface area is 219 Å². The van der Waals surface area contributed by atoms with Gasteiger partial charge in [-0.3, -0.25) is 4.79 Å². The lowest BCUT2D eigenvalue weighted by Gasteiger charge is -2.20. The highest BCUT2D eigenvalue weighted by atomic mass is 79.9. The summed E-state index contributed by atoms with van der Waals surface area (Å²) in [6.45, 7) is 8.32. The third-order valence-electron chi connectivity index (χ3n) is 6.88. The van der Waals surface area contributed by atoms with Crippen molar-refractivity contribution in [3.8, 4) is 0 Å². The minimum atomic E-state index is 0.0796. The van der Waals surface area contributed by atoms with Crippen LogP contribution in [-0.4, -0.2) is 5.78 Å². The third kappa shape index (κ3) is 4.69. The number of ketones is 1. The van der Waals surface area contributed by atoms with E-state index in [1.165, 1.54) is 22.3 Å². The fraction of sp³-hybridized carbons (Fsp3) is 0.194. The quantitative estimate of drug-likeness (QED) is 0.165. The van der Waals surface area contributed by atoms with E-state index >= 15 is 0 Å². The molecule has 0 aliphatic carbocycles. The summed E-state index contributed by atoms with van der Waals surface area (Å²) in [6.07, 6.45) is 0. The highest BCUT2D eigenvalue weighted by Gasteiger charge is 2.22. The molecule has 0 fully saturated rings. The van der Waals surface area contributed by atoms with Crippen LogP contribution in [0.5, 0.6) is 0 Å². The first-order valence-electron chi connectivity index (χ1n) is 11.4. The van der Waals surface area contributed by atoms with Crippen molar-refractivity contribution in [1.82, 2.24) is 0 Å². The van der Waals surface area contributed by atoms with E-state index in [-0.39, 0.29) is 15.4 Å². The number of alkyl halides is 2. The minimum Gasteiger partial charge on any atom is -0.289 e. The molecule has 0 aromatic heterocycles. The second kappa shape index (κ2) is 10.4. The van der Waals surface area contributed by atoms with Crippen molar-refractivity contribution < 1.29 is 4.79 Å². The molecule has 0 aliphatic rings. The maximum Gasteiger partial charge on any atom is 0.193 e. The van der Waals surface area contributed by atoms with Gasteiger partial charge >= 0.3 is 0 Å². The van der Waals surface area contributed by atoms with Crippen LogP contribution >= 0.6 is 31.9 Å². The Morgan fingerprint density at radius 2 is 0.882 bits per heavy atom. The molecule has 0 radical (unpaired) electrons. The average Bonchev–Trinajstić information content (AvgIpc) is 2.87. The van der Waals surface area contributed by atoms with Crippen molar-refractivity contribution in [3.63, 3.8) is 0 Å². The van der Waals surface area contributed by atoms with Gasteiger partial charge in [0.05, 0.1) is 9.65 Å². The zero-order chi connectivity index (χ0) is 24.4. The van der Waals surface area contributed by atoms with E-state index in [4.69, 9.17) is 0 Å². The Morgan fingerprint density at radius 3 is 1.24 bits per heavy atom. The Kier molecular flexibility index (Phi) is 7.54. The van der Waals surface area contributed by atoms with Crippen LogP contribution in [0.15, 0.2) is 84.9 Å². The Morgan fingerprint density at radius 1 is 0.529 bits per heavy atom. The summed E-state index contributed by atoms with van der Waals surface area (Å²) in [5.74, 6) is 0.0796. The van der Waals surface area contributed by atoms with Crippen molar-refractivity contribution in [2.24, 2.45) is 0 Å². The molecule has 0 spiro atoms. The summed E-state index contributed by atoms with van der Waals surface area (Å²) in [5.41, 5.74) is 10.7. The molecule has 1 nitrogen and oxygen atoms in total. The van der Waals surface area contributed by atoms with Gasteiger partial charge in [-0.2, -0.15) is 0 Å². The first-order valence-corrected chi connectivity index (χ1v) is 13.3. The van der Waals surface area contributed by atoms with E-state index in [0.717, 1.165) is 33.4 Å². The van der Waals surface area contributed by atoms with E-state index in [9.17, 15) is 4.79 Å². The molecule has 4 aromatic carbocycles. The van der Waals surface area contributed by atoms with Gasteiger partial charge in [0, 0.05) is 11.1 Å². The molecular weight excluding hydrogens is 548 g/mol. The van der Waals surface area contributed by atoms with Crippen molar-refractivity contribution in [1.29, 1.82) is 0 Å². The molecule has 34 heavy (non-hydrogen) atoms. The van der Waals surface area contributed by atoms with Gasteiger partial charge in [0.1, 0.15) is 0 Å². The minimum absolute atomic E-state index is 0.0796. The summed E-state index contributed by atoms with van der Waals surface area (Å²) in [7, 11) is 0. The maximum absolute atomic E-state index is 13.7. The number of halogens is 2. The first-order chi connectivity index (χ1) is 16.3. The van der Waals surface area contributed by atoms with E-state index in [2.05, 4.69) is 96.0 Å². The zero-order valence-electron chi connectivity index (χ0n) is 19.9. The average molecular weight is 576 g/mol. The molecule has 2 atom stereocenters. The number of hydrogen-bond acceptors (Lipinski definition) is 1. The van der Waals surface area contributed by atoms with Crippen LogP contribution in [0.1, 0.15) is 70.1 Å². The topological polar surface area (TPSA) is 17.1 Å². The van der Waals surface area contributed by atoms with E-state index < -0.39 is 0 Å². The molecule has 0 N–H and O–H groups in total. The van der Waals surface area contributed by atoms with E-state index in [0.29, 0.717) is 0 Å². The maximum atomic E-state index is 13.7. The SMILES string of the molecule is Cc1c(C(=O)c2ccc(C(Br)c3ccccc3)c(C)c2C)ccc(C(Br)c2ccccc2)c1C. The van der Waals surface area contributed by atoms with Crippen molar-refractivity contribution >= 4 is 37.6 Å². The second-order valence-electron chi connectivity index (χ2n) is 8.78. The largest absolute Gasteiger partial charge is 0.289 e. The van der Waals surface area contributed by atoms with Gasteiger partial charge in [0.15, 0.2) is 5.78 Å². The van der Waals surface area contributed by atoms with Gasteiger partial charge in [-0.25, -0.2) is 0 Å². The predicted octanol–water partition coefficient (Wildman–Crippen LogP) is 9.12. The highest BCUT2D eigenvalue weighted by molar-refractivity contribution is 9.09. The van der Waals surface area contributed by atoms with Crippen molar-refractivity contribution in [3.05, 3.63) is 141 Å². The van der Waals surface area contributed by atoms with E-state index in [1.54, 1.807) is 0 Å². The van der Waals surface area contributed by atoms with Crippen LogP contribution in [0.25, 0.3) is 0 Å². The zero-order valence-corrected chi connectivity index (χ0v) is 23.1. The third-order valence-corrected chi connectivity index (χ3v) is 8.92. The Hall–Kier alpha value is -2.49. The Bertz CT molecular complexity index is 1220. The number of carbonyl (C=O) groups is 1. The molecular formula is C31H28Br2O. The van der Waals surface area contributed by atoms with Crippen molar-refractivity contribution in [2.75, 3.05) is 0 Å². The molecule has 3 heteroatoms. The van der Waals surface area contributed by atoms with Crippen LogP contribution < -0.4 is 0 Å². The molecule has 0 heterocycles. The van der Waals surface area contributed by atoms with Gasteiger partial charge in [-0.1, -0.05) is 117 Å². The molecule has 172 valence electrons. The van der Waals surface area contributed by atoms with Crippen LogP contribution in [0.3, 0.4) is 0 Å². The first kappa shape index (κ1) is 24.6. The molecule has 2 unspecified atom stereocenters. The number of carbonyl (C=O) groups excluding carboxylic acids is 1. The summed E-state index contributed by atoms with van der Waals surface area (Å²) in [5, 5.41) is 0. The van der Waals surface area contributed by atoms with Crippen LogP contribution in [0.2, 0.25) is 0 Å². The normalized spacial score (nSPS) is 12.9. The van der Waals surface area contributed by atoms with Crippen molar-refractivity contribution in [2.45, 2.75) is 37.3 Å². The van der Waals surface area contributed by atoms with E-state index in [1.807, 2.05) is 48.5 Å². The summed E-state index contributed by atoms with van der Waals surface area (Å²) in [4.78, 5) is 13.9. The highest BCUT2D eigenvalue weighted by Crippen LogP contribution is 2.37. The monoisotopic (exact) mass is 574 g/mol. The van der Waals surface area contributed by atoms with Crippen LogP contribution in [0.4, 0.5) is 0 Å². The molecule has 0 bridgehead atoms. The van der Waals surface area contributed by atoms with Gasteiger partial charge in [-0.05, 0) is 72.2 Å². The lowest BCUT2D eigenvalue weighted by atomic mass is 9.87.